The molecule has 0 spiro atoms. The Kier molecular flexibility index (Phi) is 3.73. The number of nitrogens with one attached hydrogen (secondary N) is 1. The molecule has 0 unspecified atom stereocenters. The van der Waals surface area contributed by atoms with Gasteiger partial charge in [-0.15, -0.1) is 0 Å². The molecule has 0 atom stereocenters. The summed E-state index contributed by atoms with van der Waals surface area (Å²) in [5, 5.41) is 4.44. The van der Waals surface area contributed by atoms with Gasteiger partial charge in [0.15, 0.2) is 0 Å². The Labute approximate surface area is 124 Å². The summed E-state index contributed by atoms with van der Waals surface area (Å²) >= 11 is 0. The minimum atomic E-state index is 0.760. The van der Waals surface area contributed by atoms with Crippen LogP contribution in [0.4, 0.5) is 11.4 Å². The molecule has 2 aromatic carbocycles. The Morgan fingerprint density at radius 3 is 2.52 bits per heavy atom. The number of hydrogen-bond donors (Lipinski definition) is 2. The number of aromatic nitrogens is 1. The summed E-state index contributed by atoms with van der Waals surface area (Å²) in [6, 6.07) is 16.5. The zero-order valence-corrected chi connectivity index (χ0v) is 12.1. The van der Waals surface area contributed by atoms with Crippen molar-refractivity contribution in [3.8, 4) is 0 Å². The van der Waals surface area contributed by atoms with Gasteiger partial charge in [-0.1, -0.05) is 31.2 Å². The fourth-order valence-electron chi connectivity index (χ4n) is 2.43. The lowest BCUT2D eigenvalue weighted by Gasteiger charge is -2.11. The quantitative estimate of drug-likeness (QED) is 0.709. The molecular weight excluding hydrogens is 258 g/mol. The van der Waals surface area contributed by atoms with Crippen molar-refractivity contribution in [1.82, 2.24) is 4.98 Å². The molecule has 0 aliphatic carbocycles. The standard InChI is InChI=1S/C18H19N3/c1-2-13-5-7-14(8-6-13)12-21-17-10-9-16(19)15-4-3-11-20-18(15)17/h3-11,21H,2,12,19H2,1H3. The van der Waals surface area contributed by atoms with Crippen molar-refractivity contribution in [2.24, 2.45) is 0 Å². The molecule has 1 aromatic heterocycles. The van der Waals surface area contributed by atoms with Crippen molar-refractivity contribution in [3.63, 3.8) is 0 Å². The summed E-state index contributed by atoms with van der Waals surface area (Å²) < 4.78 is 0. The minimum Gasteiger partial charge on any atom is -0.398 e. The van der Waals surface area contributed by atoms with Gasteiger partial charge in [-0.25, -0.2) is 0 Å². The molecule has 0 saturated carbocycles. The van der Waals surface area contributed by atoms with Gasteiger partial charge in [0.1, 0.15) is 0 Å². The van der Waals surface area contributed by atoms with E-state index in [4.69, 9.17) is 5.73 Å². The highest BCUT2D eigenvalue weighted by atomic mass is 14.9. The molecule has 3 N–H and O–H groups in total. The summed E-state index contributed by atoms with van der Waals surface area (Å²) in [5.41, 5.74) is 11.3. The second-order valence-electron chi connectivity index (χ2n) is 5.13. The normalized spacial score (nSPS) is 10.7. The first-order chi connectivity index (χ1) is 10.3. The number of nitrogens with two attached hydrogens (primary N) is 1. The van der Waals surface area contributed by atoms with E-state index < -0.39 is 0 Å². The van der Waals surface area contributed by atoms with Gasteiger partial charge in [0, 0.05) is 23.8 Å². The van der Waals surface area contributed by atoms with E-state index in [0.29, 0.717) is 0 Å². The van der Waals surface area contributed by atoms with Crippen molar-refractivity contribution in [1.29, 1.82) is 0 Å². The Balaban J connectivity index is 1.83. The van der Waals surface area contributed by atoms with E-state index in [-0.39, 0.29) is 0 Å². The summed E-state index contributed by atoms with van der Waals surface area (Å²) in [6.45, 7) is 2.94. The summed E-state index contributed by atoms with van der Waals surface area (Å²) in [7, 11) is 0. The van der Waals surface area contributed by atoms with Crippen LogP contribution in [0.15, 0.2) is 54.7 Å². The molecule has 0 aliphatic heterocycles. The molecule has 3 heteroatoms. The van der Waals surface area contributed by atoms with Gasteiger partial charge < -0.3 is 11.1 Å². The Morgan fingerprint density at radius 1 is 1.00 bits per heavy atom. The SMILES string of the molecule is CCc1ccc(CNc2ccc(N)c3cccnc23)cc1. The molecule has 0 saturated heterocycles. The topological polar surface area (TPSA) is 50.9 Å². The molecule has 0 bridgehead atoms. The number of nitrogen functional groups attached to an aromatic ring is 1. The van der Waals surface area contributed by atoms with E-state index in [0.717, 1.165) is 35.2 Å². The molecule has 106 valence electrons. The van der Waals surface area contributed by atoms with Crippen LogP contribution in [0, 0.1) is 0 Å². The van der Waals surface area contributed by atoms with Crippen molar-refractivity contribution < 1.29 is 0 Å². The van der Waals surface area contributed by atoms with Crippen molar-refractivity contribution >= 4 is 22.3 Å². The maximum atomic E-state index is 6.00. The molecule has 0 fully saturated rings. The Bertz CT molecular complexity index is 748. The Morgan fingerprint density at radius 2 is 1.76 bits per heavy atom. The van der Waals surface area contributed by atoms with Crippen molar-refractivity contribution in [3.05, 3.63) is 65.9 Å². The fourth-order valence-corrected chi connectivity index (χ4v) is 2.43. The number of aryl methyl sites for hydroxylation is 1. The smallest absolute Gasteiger partial charge is 0.0953 e. The van der Waals surface area contributed by atoms with Crippen molar-refractivity contribution in [2.75, 3.05) is 11.1 Å². The fraction of sp³-hybridized carbons (Fsp3) is 0.167. The van der Waals surface area contributed by atoms with E-state index >= 15 is 0 Å². The largest absolute Gasteiger partial charge is 0.398 e. The highest BCUT2D eigenvalue weighted by Gasteiger charge is 2.04. The maximum absolute atomic E-state index is 6.00. The highest BCUT2D eigenvalue weighted by Crippen LogP contribution is 2.26. The number of anilines is 2. The summed E-state index contributed by atoms with van der Waals surface area (Å²) in [5.74, 6) is 0. The molecule has 0 amide bonds. The van der Waals surface area contributed by atoms with Crippen LogP contribution in [0.5, 0.6) is 0 Å². The van der Waals surface area contributed by atoms with Crippen LogP contribution in [-0.4, -0.2) is 4.98 Å². The molecule has 3 aromatic rings. The van der Waals surface area contributed by atoms with Crippen LogP contribution in [0.3, 0.4) is 0 Å². The number of nitrogens with zero attached hydrogens (tertiary/aromatic N) is 1. The van der Waals surface area contributed by atoms with E-state index in [1.54, 1.807) is 6.20 Å². The Hall–Kier alpha value is -2.55. The third-order valence-electron chi connectivity index (χ3n) is 3.72. The van der Waals surface area contributed by atoms with Gasteiger partial charge in [-0.2, -0.15) is 0 Å². The van der Waals surface area contributed by atoms with Gasteiger partial charge in [-0.3, -0.25) is 4.98 Å². The van der Waals surface area contributed by atoms with Crippen LogP contribution >= 0.6 is 0 Å². The second kappa shape index (κ2) is 5.83. The van der Waals surface area contributed by atoms with Crippen LogP contribution in [0.1, 0.15) is 18.1 Å². The molecule has 21 heavy (non-hydrogen) atoms. The first kappa shape index (κ1) is 13.4. The van der Waals surface area contributed by atoms with Crippen molar-refractivity contribution in [2.45, 2.75) is 19.9 Å². The molecule has 3 rings (SSSR count). The maximum Gasteiger partial charge on any atom is 0.0953 e. The van der Waals surface area contributed by atoms with Crippen LogP contribution in [0.2, 0.25) is 0 Å². The highest BCUT2D eigenvalue weighted by molar-refractivity contribution is 5.98. The molecule has 3 nitrogen and oxygen atoms in total. The van der Waals surface area contributed by atoms with Crippen LogP contribution < -0.4 is 11.1 Å². The van der Waals surface area contributed by atoms with Crippen LogP contribution in [-0.2, 0) is 13.0 Å². The number of benzene rings is 2. The number of fused-ring (bicyclic) bond motifs is 1. The average molecular weight is 277 g/mol. The zero-order chi connectivity index (χ0) is 14.7. The average Bonchev–Trinajstić information content (AvgIpc) is 2.55. The third-order valence-corrected chi connectivity index (χ3v) is 3.72. The predicted molar refractivity (Wildman–Crippen MR) is 89.3 cm³/mol. The minimum absolute atomic E-state index is 0.760. The lowest BCUT2D eigenvalue weighted by atomic mass is 10.1. The van der Waals surface area contributed by atoms with Gasteiger partial charge >= 0.3 is 0 Å². The lowest BCUT2D eigenvalue weighted by molar-refractivity contribution is 1.11. The number of rotatable bonds is 4. The predicted octanol–water partition coefficient (Wildman–Crippen LogP) is 3.99. The first-order valence-corrected chi connectivity index (χ1v) is 7.23. The van der Waals surface area contributed by atoms with Gasteiger partial charge in [-0.05, 0) is 41.8 Å². The van der Waals surface area contributed by atoms with E-state index in [1.807, 2.05) is 24.3 Å². The number of hydrogen-bond acceptors (Lipinski definition) is 3. The molecule has 0 aliphatic rings. The van der Waals surface area contributed by atoms with Gasteiger partial charge in [0.05, 0.1) is 11.2 Å². The van der Waals surface area contributed by atoms with E-state index in [1.165, 1.54) is 11.1 Å². The van der Waals surface area contributed by atoms with Gasteiger partial charge in [0.25, 0.3) is 0 Å². The summed E-state index contributed by atoms with van der Waals surface area (Å²) in [4.78, 5) is 4.44. The molecule has 1 heterocycles. The lowest BCUT2D eigenvalue weighted by Crippen LogP contribution is -2.01. The second-order valence-corrected chi connectivity index (χ2v) is 5.13. The molecule has 0 radical (unpaired) electrons. The van der Waals surface area contributed by atoms with Gasteiger partial charge in [0.2, 0.25) is 0 Å². The van der Waals surface area contributed by atoms with E-state index in [2.05, 4.69) is 41.5 Å². The zero-order valence-electron chi connectivity index (χ0n) is 12.1. The van der Waals surface area contributed by atoms with E-state index in [9.17, 15) is 0 Å². The van der Waals surface area contributed by atoms with Crippen LogP contribution in [0.25, 0.3) is 10.9 Å². The monoisotopic (exact) mass is 277 g/mol. The third kappa shape index (κ3) is 2.82. The first-order valence-electron chi connectivity index (χ1n) is 7.23. The summed E-state index contributed by atoms with van der Waals surface area (Å²) in [6.07, 6.45) is 2.86. The number of pyridine rings is 1. The molecular formula is C18H19N3.